The smallest absolute Gasteiger partial charge is 0.222 e. The Morgan fingerprint density at radius 1 is 1.04 bits per heavy atom. The van der Waals surface area contributed by atoms with Gasteiger partial charge in [0.05, 0.1) is 6.54 Å². The van der Waals surface area contributed by atoms with E-state index < -0.39 is 0 Å². The summed E-state index contributed by atoms with van der Waals surface area (Å²) in [5.74, 6) is 0.283. The third-order valence-electron chi connectivity index (χ3n) is 5.03. The first-order valence-corrected chi connectivity index (χ1v) is 10.6. The van der Waals surface area contributed by atoms with Gasteiger partial charge in [0, 0.05) is 45.6 Å². The predicted octanol–water partition coefficient (Wildman–Crippen LogP) is 5.31. The molecule has 1 heterocycles. The average Bonchev–Trinajstić information content (AvgIpc) is 3.04. The lowest BCUT2D eigenvalue weighted by Crippen LogP contribution is -2.32. The quantitative estimate of drug-likeness (QED) is 0.372. The Bertz CT molecular complexity index is 470. The molecule has 0 atom stereocenters. The molecule has 0 aliphatic heterocycles. The summed E-state index contributed by atoms with van der Waals surface area (Å²) < 4.78 is 7.24. The van der Waals surface area contributed by atoms with Crippen LogP contribution < -0.4 is 0 Å². The molecular formula is C22H40N2O2. The minimum atomic E-state index is 0.283. The maximum absolute atomic E-state index is 12.7. The first kappa shape index (κ1) is 22.8. The maximum Gasteiger partial charge on any atom is 0.222 e. The SMILES string of the molecule is CCCCCCCCCCCC(=O)N(CCCOC)Cc1cccn1C. The van der Waals surface area contributed by atoms with Crippen molar-refractivity contribution in [2.24, 2.45) is 7.05 Å². The molecule has 1 amide bonds. The van der Waals surface area contributed by atoms with Crippen LogP contribution in [0.3, 0.4) is 0 Å². The monoisotopic (exact) mass is 364 g/mol. The number of hydrogen-bond donors (Lipinski definition) is 0. The van der Waals surface area contributed by atoms with Crippen LogP contribution in [0.4, 0.5) is 0 Å². The molecule has 1 rings (SSSR count). The molecule has 0 saturated carbocycles. The summed E-state index contributed by atoms with van der Waals surface area (Å²) in [4.78, 5) is 14.7. The van der Waals surface area contributed by atoms with E-state index in [2.05, 4.69) is 17.6 Å². The minimum Gasteiger partial charge on any atom is -0.385 e. The molecule has 0 radical (unpaired) electrons. The number of hydrogen-bond acceptors (Lipinski definition) is 2. The summed E-state index contributed by atoms with van der Waals surface area (Å²) in [6.45, 7) is 4.43. The van der Waals surface area contributed by atoms with Crippen LogP contribution in [0.2, 0.25) is 0 Å². The number of nitrogens with zero attached hydrogens (tertiary/aromatic N) is 2. The molecule has 0 spiro atoms. The lowest BCUT2D eigenvalue weighted by molar-refractivity contribution is -0.132. The summed E-state index contributed by atoms with van der Waals surface area (Å²) in [6, 6.07) is 4.13. The van der Waals surface area contributed by atoms with Crippen LogP contribution in [0.15, 0.2) is 18.3 Å². The molecule has 0 bridgehead atoms. The Kier molecular flexibility index (Phi) is 13.0. The summed E-state index contributed by atoms with van der Waals surface area (Å²) in [6.07, 6.45) is 15.2. The Hall–Kier alpha value is -1.29. The Morgan fingerprint density at radius 2 is 1.69 bits per heavy atom. The number of carbonyl (C=O) groups is 1. The fourth-order valence-electron chi connectivity index (χ4n) is 3.29. The molecule has 0 unspecified atom stereocenters. The molecule has 150 valence electrons. The molecule has 26 heavy (non-hydrogen) atoms. The van der Waals surface area contributed by atoms with E-state index in [-0.39, 0.29) is 5.91 Å². The molecule has 0 fully saturated rings. The highest BCUT2D eigenvalue weighted by Crippen LogP contribution is 2.13. The van der Waals surface area contributed by atoms with Gasteiger partial charge in [0.2, 0.25) is 5.91 Å². The molecule has 0 aliphatic carbocycles. The second-order valence-corrected chi connectivity index (χ2v) is 7.35. The van der Waals surface area contributed by atoms with Gasteiger partial charge in [0.1, 0.15) is 0 Å². The number of aromatic nitrogens is 1. The van der Waals surface area contributed by atoms with E-state index in [1.807, 2.05) is 24.2 Å². The van der Waals surface area contributed by atoms with Crippen molar-refractivity contribution < 1.29 is 9.53 Å². The first-order chi connectivity index (χ1) is 12.7. The molecule has 0 N–H and O–H groups in total. The number of unbranched alkanes of at least 4 members (excludes halogenated alkanes) is 8. The largest absolute Gasteiger partial charge is 0.385 e. The van der Waals surface area contributed by atoms with E-state index in [0.29, 0.717) is 19.6 Å². The summed E-state index contributed by atoms with van der Waals surface area (Å²) >= 11 is 0. The molecule has 1 aromatic heterocycles. The van der Waals surface area contributed by atoms with E-state index in [0.717, 1.165) is 19.4 Å². The van der Waals surface area contributed by atoms with Gasteiger partial charge in [-0.05, 0) is 25.0 Å². The third-order valence-corrected chi connectivity index (χ3v) is 5.03. The highest BCUT2D eigenvalue weighted by atomic mass is 16.5. The van der Waals surface area contributed by atoms with Crippen LogP contribution in [-0.2, 0) is 23.1 Å². The second-order valence-electron chi connectivity index (χ2n) is 7.35. The molecule has 0 aliphatic rings. The van der Waals surface area contributed by atoms with Gasteiger partial charge in [-0.25, -0.2) is 0 Å². The number of amides is 1. The molecular weight excluding hydrogens is 324 g/mol. The van der Waals surface area contributed by atoms with Gasteiger partial charge < -0.3 is 14.2 Å². The number of carbonyl (C=O) groups excluding carboxylic acids is 1. The summed E-state index contributed by atoms with van der Waals surface area (Å²) in [5.41, 5.74) is 1.18. The third kappa shape index (κ3) is 10.0. The van der Waals surface area contributed by atoms with Crippen LogP contribution in [0.25, 0.3) is 0 Å². The zero-order valence-electron chi connectivity index (χ0n) is 17.3. The number of ether oxygens (including phenoxy) is 1. The summed E-state index contributed by atoms with van der Waals surface area (Å²) in [5, 5.41) is 0. The predicted molar refractivity (Wildman–Crippen MR) is 109 cm³/mol. The van der Waals surface area contributed by atoms with Crippen LogP contribution >= 0.6 is 0 Å². The number of rotatable bonds is 16. The Morgan fingerprint density at radius 3 is 2.27 bits per heavy atom. The van der Waals surface area contributed by atoms with Gasteiger partial charge in [-0.15, -0.1) is 0 Å². The van der Waals surface area contributed by atoms with Crippen molar-refractivity contribution in [3.05, 3.63) is 24.0 Å². The van der Waals surface area contributed by atoms with E-state index in [9.17, 15) is 4.79 Å². The van der Waals surface area contributed by atoms with Gasteiger partial charge in [-0.1, -0.05) is 58.3 Å². The average molecular weight is 365 g/mol. The maximum atomic E-state index is 12.7. The highest BCUT2D eigenvalue weighted by molar-refractivity contribution is 5.76. The van der Waals surface area contributed by atoms with Gasteiger partial charge in [0.15, 0.2) is 0 Å². The fraction of sp³-hybridized carbons (Fsp3) is 0.773. The molecule has 0 saturated heterocycles. The molecule has 0 aromatic carbocycles. The van der Waals surface area contributed by atoms with Crippen molar-refractivity contribution in [2.75, 3.05) is 20.3 Å². The molecule has 1 aromatic rings. The fourth-order valence-corrected chi connectivity index (χ4v) is 3.29. The van der Waals surface area contributed by atoms with Crippen molar-refractivity contribution in [3.63, 3.8) is 0 Å². The number of aryl methyl sites for hydroxylation is 1. The Balaban J connectivity index is 2.25. The minimum absolute atomic E-state index is 0.283. The van der Waals surface area contributed by atoms with Gasteiger partial charge in [-0.3, -0.25) is 4.79 Å². The first-order valence-electron chi connectivity index (χ1n) is 10.6. The normalized spacial score (nSPS) is 11.0. The van der Waals surface area contributed by atoms with Crippen molar-refractivity contribution >= 4 is 5.91 Å². The lowest BCUT2D eigenvalue weighted by atomic mass is 10.1. The van der Waals surface area contributed by atoms with Gasteiger partial charge >= 0.3 is 0 Å². The van der Waals surface area contributed by atoms with Crippen molar-refractivity contribution in [1.29, 1.82) is 0 Å². The van der Waals surface area contributed by atoms with Crippen LogP contribution in [0, 0.1) is 0 Å². The standard InChI is InChI=1S/C22H40N2O2/c1-4-5-6-7-8-9-10-11-12-16-22(25)24(18-14-19-26-3)20-21-15-13-17-23(21)2/h13,15,17H,4-12,14,16,18-20H2,1-3H3. The van der Waals surface area contributed by atoms with Crippen molar-refractivity contribution in [1.82, 2.24) is 9.47 Å². The molecule has 4 nitrogen and oxygen atoms in total. The number of methoxy groups -OCH3 is 1. The van der Waals surface area contributed by atoms with Crippen LogP contribution in [0.1, 0.15) is 83.2 Å². The zero-order chi connectivity index (χ0) is 19.0. The Labute approximate surface area is 160 Å². The lowest BCUT2D eigenvalue weighted by Gasteiger charge is -2.23. The van der Waals surface area contributed by atoms with Gasteiger partial charge in [0.25, 0.3) is 0 Å². The molecule has 4 heteroatoms. The van der Waals surface area contributed by atoms with E-state index in [4.69, 9.17) is 4.74 Å². The van der Waals surface area contributed by atoms with Crippen LogP contribution in [0.5, 0.6) is 0 Å². The van der Waals surface area contributed by atoms with Crippen molar-refractivity contribution in [2.45, 2.75) is 84.1 Å². The van der Waals surface area contributed by atoms with E-state index >= 15 is 0 Å². The topological polar surface area (TPSA) is 34.5 Å². The highest BCUT2D eigenvalue weighted by Gasteiger charge is 2.14. The second kappa shape index (κ2) is 14.8. The van der Waals surface area contributed by atoms with E-state index in [1.54, 1.807) is 7.11 Å². The van der Waals surface area contributed by atoms with Gasteiger partial charge in [-0.2, -0.15) is 0 Å². The zero-order valence-corrected chi connectivity index (χ0v) is 17.3. The van der Waals surface area contributed by atoms with E-state index in [1.165, 1.54) is 57.1 Å². The summed E-state index contributed by atoms with van der Waals surface area (Å²) in [7, 11) is 3.75. The van der Waals surface area contributed by atoms with Crippen molar-refractivity contribution in [3.8, 4) is 0 Å². The van der Waals surface area contributed by atoms with Crippen LogP contribution in [-0.4, -0.2) is 35.6 Å².